The van der Waals surface area contributed by atoms with Gasteiger partial charge in [0.15, 0.2) is 0 Å². The van der Waals surface area contributed by atoms with Crippen molar-refractivity contribution >= 4 is 17.5 Å². The van der Waals surface area contributed by atoms with Crippen LogP contribution in [0.15, 0.2) is 36.9 Å². The van der Waals surface area contributed by atoms with Gasteiger partial charge in [-0.2, -0.15) is 13.2 Å². The van der Waals surface area contributed by atoms with Gasteiger partial charge in [0.1, 0.15) is 6.10 Å². The summed E-state index contributed by atoms with van der Waals surface area (Å²) in [5, 5.41) is 2.22. The van der Waals surface area contributed by atoms with Crippen molar-refractivity contribution in [2.45, 2.75) is 32.5 Å². The molecule has 0 heterocycles. The molecule has 5 nitrogen and oxygen atoms in total. The number of halogens is 3. The number of carbonyl (C=O) groups excluding carboxylic acids is 2. The average Bonchev–Trinajstić information content (AvgIpc) is 2.58. The quantitative estimate of drug-likeness (QED) is 0.533. The molecular formula is C18H23F3N2O3. The second-order valence-corrected chi connectivity index (χ2v) is 5.53. The fraction of sp³-hybridized carbons (Fsp3) is 0.444. The lowest BCUT2D eigenvalue weighted by molar-refractivity contribution is -0.144. The number of para-hydroxylation sites is 1. The SMILES string of the molecule is C=CCCOC(C)C(=O)N(CC)CC(=O)Nc1ccccc1C(F)(F)F. The summed E-state index contributed by atoms with van der Waals surface area (Å²) in [5.74, 6) is -1.12. The van der Waals surface area contributed by atoms with Crippen molar-refractivity contribution in [3.63, 3.8) is 0 Å². The number of nitrogens with one attached hydrogen (secondary N) is 1. The first-order valence-corrected chi connectivity index (χ1v) is 8.18. The Balaban J connectivity index is 2.73. The number of rotatable bonds is 9. The molecule has 0 radical (unpaired) electrons. The first-order chi connectivity index (χ1) is 12.2. The van der Waals surface area contributed by atoms with Crippen LogP contribution in [0.1, 0.15) is 25.8 Å². The van der Waals surface area contributed by atoms with E-state index in [9.17, 15) is 22.8 Å². The Morgan fingerprint density at radius 2 is 2.00 bits per heavy atom. The Kier molecular flexibility index (Phi) is 8.31. The van der Waals surface area contributed by atoms with Crippen molar-refractivity contribution < 1.29 is 27.5 Å². The molecule has 1 atom stereocenters. The summed E-state index contributed by atoms with van der Waals surface area (Å²) in [6, 6.07) is 4.68. The van der Waals surface area contributed by atoms with Crippen LogP contribution in [0.5, 0.6) is 0 Å². The van der Waals surface area contributed by atoms with Crippen LogP contribution in [-0.4, -0.2) is 42.5 Å². The van der Waals surface area contributed by atoms with Crippen molar-refractivity contribution in [2.24, 2.45) is 0 Å². The second kappa shape index (κ2) is 9.96. The minimum absolute atomic E-state index is 0.225. The average molecular weight is 372 g/mol. The van der Waals surface area contributed by atoms with Crippen LogP contribution in [0, 0.1) is 0 Å². The molecule has 144 valence electrons. The fourth-order valence-electron chi connectivity index (χ4n) is 2.20. The number of carbonyl (C=O) groups is 2. The summed E-state index contributed by atoms with van der Waals surface area (Å²) < 4.78 is 44.3. The predicted molar refractivity (Wildman–Crippen MR) is 92.6 cm³/mol. The van der Waals surface area contributed by atoms with E-state index < -0.39 is 29.7 Å². The van der Waals surface area contributed by atoms with Gasteiger partial charge in [-0.1, -0.05) is 18.2 Å². The molecule has 1 aromatic rings. The van der Waals surface area contributed by atoms with Gasteiger partial charge in [0, 0.05) is 6.54 Å². The summed E-state index contributed by atoms with van der Waals surface area (Å²) in [7, 11) is 0. The molecule has 1 N–H and O–H groups in total. The molecule has 0 saturated carbocycles. The van der Waals surface area contributed by atoms with Gasteiger partial charge in [0.25, 0.3) is 5.91 Å². The molecule has 1 unspecified atom stereocenters. The monoisotopic (exact) mass is 372 g/mol. The minimum atomic E-state index is -4.59. The van der Waals surface area contributed by atoms with E-state index >= 15 is 0 Å². The van der Waals surface area contributed by atoms with Gasteiger partial charge in [-0.25, -0.2) is 0 Å². The van der Waals surface area contributed by atoms with E-state index in [0.717, 1.165) is 6.07 Å². The molecule has 26 heavy (non-hydrogen) atoms. The third kappa shape index (κ3) is 6.51. The highest BCUT2D eigenvalue weighted by atomic mass is 19.4. The molecule has 0 bridgehead atoms. The highest BCUT2D eigenvalue weighted by Crippen LogP contribution is 2.34. The number of likely N-dealkylation sites (N-methyl/N-ethyl adjacent to an activating group) is 1. The summed E-state index contributed by atoms with van der Waals surface area (Å²) in [6.45, 7) is 6.96. The number of nitrogens with zero attached hydrogens (tertiary/aromatic N) is 1. The van der Waals surface area contributed by atoms with E-state index in [-0.39, 0.29) is 18.8 Å². The van der Waals surface area contributed by atoms with E-state index in [4.69, 9.17) is 4.74 Å². The van der Waals surface area contributed by atoms with Gasteiger partial charge >= 0.3 is 6.18 Å². The number of anilines is 1. The zero-order chi connectivity index (χ0) is 19.7. The second-order valence-electron chi connectivity index (χ2n) is 5.53. The molecule has 0 aliphatic heterocycles. The van der Waals surface area contributed by atoms with Crippen molar-refractivity contribution in [1.82, 2.24) is 4.90 Å². The summed E-state index contributed by atoms with van der Waals surface area (Å²) in [4.78, 5) is 25.6. The number of ether oxygens (including phenoxy) is 1. The van der Waals surface area contributed by atoms with Crippen LogP contribution < -0.4 is 5.32 Å². The number of hydrogen-bond acceptors (Lipinski definition) is 3. The van der Waals surface area contributed by atoms with Gasteiger partial charge in [-0.3, -0.25) is 9.59 Å². The molecule has 0 aromatic heterocycles. The highest BCUT2D eigenvalue weighted by molar-refractivity contribution is 5.95. The maximum atomic E-state index is 13.0. The molecular weight excluding hydrogens is 349 g/mol. The van der Waals surface area contributed by atoms with Crippen LogP contribution in [-0.2, 0) is 20.5 Å². The minimum Gasteiger partial charge on any atom is -0.368 e. The van der Waals surface area contributed by atoms with Crippen LogP contribution in [0.3, 0.4) is 0 Å². The van der Waals surface area contributed by atoms with E-state index in [0.29, 0.717) is 13.0 Å². The lowest BCUT2D eigenvalue weighted by Crippen LogP contribution is -2.43. The topological polar surface area (TPSA) is 58.6 Å². The molecule has 0 spiro atoms. The Morgan fingerprint density at radius 1 is 1.35 bits per heavy atom. The van der Waals surface area contributed by atoms with E-state index in [1.807, 2.05) is 0 Å². The Hall–Kier alpha value is -2.35. The lowest BCUT2D eigenvalue weighted by Gasteiger charge is -2.24. The molecule has 0 aliphatic carbocycles. The van der Waals surface area contributed by atoms with Crippen LogP contribution in [0.4, 0.5) is 18.9 Å². The maximum Gasteiger partial charge on any atom is 0.418 e. The Bertz CT molecular complexity index is 632. The zero-order valence-corrected chi connectivity index (χ0v) is 14.8. The van der Waals surface area contributed by atoms with Crippen molar-refractivity contribution in [3.8, 4) is 0 Å². The largest absolute Gasteiger partial charge is 0.418 e. The third-order valence-corrected chi connectivity index (χ3v) is 3.57. The van der Waals surface area contributed by atoms with Gasteiger partial charge in [0.2, 0.25) is 5.91 Å². The highest BCUT2D eigenvalue weighted by Gasteiger charge is 2.33. The van der Waals surface area contributed by atoms with E-state index in [1.54, 1.807) is 19.9 Å². The normalized spacial score (nSPS) is 12.3. The fourth-order valence-corrected chi connectivity index (χ4v) is 2.20. The molecule has 2 amide bonds. The van der Waals surface area contributed by atoms with Crippen LogP contribution in [0.2, 0.25) is 0 Å². The standard InChI is InChI=1S/C18H23F3N2O3/c1-4-6-11-26-13(3)17(25)23(5-2)12-16(24)22-15-10-8-7-9-14(15)18(19,20)21/h4,7-10,13H,1,5-6,11-12H2,2-3H3,(H,22,24). The number of amides is 2. The molecule has 0 aliphatic rings. The smallest absolute Gasteiger partial charge is 0.368 e. The number of hydrogen-bond donors (Lipinski definition) is 1. The molecule has 1 rings (SSSR count). The van der Waals surface area contributed by atoms with Crippen molar-refractivity contribution in [1.29, 1.82) is 0 Å². The number of benzene rings is 1. The van der Waals surface area contributed by atoms with Crippen molar-refractivity contribution in [3.05, 3.63) is 42.5 Å². The molecule has 8 heteroatoms. The summed E-state index contributed by atoms with van der Waals surface area (Å²) in [6.07, 6.45) is -3.11. The summed E-state index contributed by atoms with van der Waals surface area (Å²) in [5.41, 5.74) is -1.28. The first kappa shape index (κ1) is 21.7. The zero-order valence-electron chi connectivity index (χ0n) is 14.8. The van der Waals surface area contributed by atoms with Crippen molar-refractivity contribution in [2.75, 3.05) is 25.0 Å². The van der Waals surface area contributed by atoms with Gasteiger partial charge in [-0.05, 0) is 32.4 Å². The van der Waals surface area contributed by atoms with E-state index in [2.05, 4.69) is 11.9 Å². The first-order valence-electron chi connectivity index (χ1n) is 8.18. The van der Waals surface area contributed by atoms with Gasteiger partial charge in [0.05, 0.1) is 24.4 Å². The predicted octanol–water partition coefficient (Wildman–Crippen LogP) is 3.47. The molecule has 1 aromatic carbocycles. The lowest BCUT2D eigenvalue weighted by atomic mass is 10.1. The Morgan fingerprint density at radius 3 is 2.58 bits per heavy atom. The van der Waals surface area contributed by atoms with E-state index in [1.165, 1.54) is 23.1 Å². The van der Waals surface area contributed by atoms with Crippen LogP contribution in [0.25, 0.3) is 0 Å². The molecule has 0 saturated heterocycles. The van der Waals surface area contributed by atoms with Crippen LogP contribution >= 0.6 is 0 Å². The Labute approximate surface area is 150 Å². The number of alkyl halides is 3. The third-order valence-electron chi connectivity index (χ3n) is 3.57. The van der Waals surface area contributed by atoms with Gasteiger partial charge < -0.3 is 15.0 Å². The molecule has 0 fully saturated rings. The maximum absolute atomic E-state index is 13.0. The summed E-state index contributed by atoms with van der Waals surface area (Å²) >= 11 is 0. The van der Waals surface area contributed by atoms with Gasteiger partial charge in [-0.15, -0.1) is 6.58 Å².